The van der Waals surface area contributed by atoms with Gasteiger partial charge in [-0.05, 0) is 67.9 Å². The van der Waals surface area contributed by atoms with E-state index in [2.05, 4.69) is 35.2 Å². The first-order valence-corrected chi connectivity index (χ1v) is 11.0. The molecule has 0 aromatic heterocycles. The van der Waals surface area contributed by atoms with Crippen molar-refractivity contribution in [1.29, 1.82) is 0 Å². The Hall–Kier alpha value is -1.95. The summed E-state index contributed by atoms with van der Waals surface area (Å²) in [5.74, 6) is 0.951. The Kier molecular flexibility index (Phi) is 6.71. The van der Waals surface area contributed by atoms with Crippen LogP contribution in [0.1, 0.15) is 42.7 Å². The number of halogens is 1. The van der Waals surface area contributed by atoms with Crippen LogP contribution in [0.15, 0.2) is 48.5 Å². The van der Waals surface area contributed by atoms with Gasteiger partial charge >= 0.3 is 0 Å². The smallest absolute Gasteiger partial charge is 0.134 e. The van der Waals surface area contributed by atoms with Crippen LogP contribution < -0.4 is 4.74 Å². The summed E-state index contributed by atoms with van der Waals surface area (Å²) in [5, 5.41) is 11.2. The third-order valence-corrected chi connectivity index (χ3v) is 6.51. The Morgan fingerprint density at radius 3 is 2.63 bits per heavy atom. The molecule has 30 heavy (non-hydrogen) atoms. The van der Waals surface area contributed by atoms with Gasteiger partial charge in [0, 0.05) is 19.1 Å². The van der Waals surface area contributed by atoms with E-state index < -0.39 is 5.60 Å². The fourth-order valence-electron chi connectivity index (χ4n) is 4.77. The highest BCUT2D eigenvalue weighted by Gasteiger charge is 2.37. The molecule has 1 saturated carbocycles. The van der Waals surface area contributed by atoms with E-state index in [0.29, 0.717) is 36.4 Å². The Balaban J connectivity index is 1.34. The SMILES string of the molecule is Cc1cc(OC[C@@]2(O)COCCN(C3CCC(c4ccccc4)CC3)C2)ccc1F. The van der Waals surface area contributed by atoms with Gasteiger partial charge in [0.1, 0.15) is 23.8 Å². The number of aryl methyl sites for hydroxylation is 1. The molecule has 0 bridgehead atoms. The predicted molar refractivity (Wildman–Crippen MR) is 115 cm³/mol. The van der Waals surface area contributed by atoms with E-state index in [1.807, 2.05) is 0 Å². The molecule has 1 aliphatic carbocycles. The van der Waals surface area contributed by atoms with Gasteiger partial charge in [-0.2, -0.15) is 0 Å². The summed E-state index contributed by atoms with van der Waals surface area (Å²) >= 11 is 0. The second kappa shape index (κ2) is 9.46. The molecule has 4 nitrogen and oxygen atoms in total. The quantitative estimate of drug-likeness (QED) is 0.794. The molecule has 2 fully saturated rings. The molecule has 4 rings (SSSR count). The molecule has 2 aliphatic rings. The minimum absolute atomic E-state index is 0.133. The average Bonchev–Trinajstić information content (AvgIpc) is 2.97. The summed E-state index contributed by atoms with van der Waals surface area (Å²) in [7, 11) is 0. The monoisotopic (exact) mass is 413 g/mol. The maximum absolute atomic E-state index is 13.5. The van der Waals surface area contributed by atoms with Crippen LogP contribution in [0.25, 0.3) is 0 Å². The number of nitrogens with zero attached hydrogens (tertiary/aromatic N) is 1. The lowest BCUT2D eigenvalue weighted by atomic mass is 9.81. The van der Waals surface area contributed by atoms with Crippen molar-refractivity contribution in [1.82, 2.24) is 4.90 Å². The van der Waals surface area contributed by atoms with Crippen LogP contribution in [0.3, 0.4) is 0 Å². The highest BCUT2D eigenvalue weighted by atomic mass is 19.1. The standard InChI is InChI=1S/C25H32FNO3/c1-19-15-23(11-12-24(19)26)30-18-25(28)16-27(13-14-29-17-25)22-9-7-21(8-10-22)20-5-3-2-4-6-20/h2-6,11-12,15,21-22,28H,7-10,13-14,16-18H2,1H3/t21?,22?,25-/m0/s1. The Labute approximate surface area is 178 Å². The number of ether oxygens (including phenoxy) is 2. The van der Waals surface area contributed by atoms with Crippen LogP contribution in [0.4, 0.5) is 4.39 Å². The van der Waals surface area contributed by atoms with Gasteiger partial charge in [0.25, 0.3) is 0 Å². The van der Waals surface area contributed by atoms with Crippen LogP contribution in [-0.4, -0.2) is 54.6 Å². The number of hydrogen-bond acceptors (Lipinski definition) is 4. The van der Waals surface area contributed by atoms with E-state index in [1.54, 1.807) is 19.1 Å². The fourth-order valence-corrected chi connectivity index (χ4v) is 4.77. The van der Waals surface area contributed by atoms with Crippen molar-refractivity contribution in [3.8, 4) is 5.75 Å². The molecule has 1 N–H and O–H groups in total. The molecule has 2 aromatic rings. The Morgan fingerprint density at radius 1 is 1.13 bits per heavy atom. The minimum atomic E-state index is -1.07. The predicted octanol–water partition coefficient (Wildman–Crippen LogP) is 4.30. The van der Waals surface area contributed by atoms with Crippen LogP contribution in [0.2, 0.25) is 0 Å². The second-order valence-corrected chi connectivity index (χ2v) is 8.86. The molecule has 1 atom stereocenters. The second-order valence-electron chi connectivity index (χ2n) is 8.86. The van der Waals surface area contributed by atoms with E-state index in [0.717, 1.165) is 19.4 Å². The molecule has 1 heterocycles. The lowest BCUT2D eigenvalue weighted by molar-refractivity contribution is -0.0683. The third kappa shape index (κ3) is 5.20. The molecule has 0 amide bonds. The molecular weight excluding hydrogens is 381 g/mol. The van der Waals surface area contributed by atoms with Crippen molar-refractivity contribution in [3.63, 3.8) is 0 Å². The molecule has 1 saturated heterocycles. The summed E-state index contributed by atoms with van der Waals surface area (Å²) in [4.78, 5) is 2.38. The molecular formula is C25H32FNO3. The molecule has 0 unspecified atom stereocenters. The van der Waals surface area contributed by atoms with Crippen molar-refractivity contribution in [2.45, 2.75) is 50.2 Å². The first-order chi connectivity index (χ1) is 14.5. The van der Waals surface area contributed by atoms with E-state index in [9.17, 15) is 9.50 Å². The molecule has 0 radical (unpaired) electrons. The van der Waals surface area contributed by atoms with Gasteiger partial charge in [-0.3, -0.25) is 4.90 Å². The zero-order valence-corrected chi connectivity index (χ0v) is 17.7. The molecule has 5 heteroatoms. The van der Waals surface area contributed by atoms with Crippen molar-refractivity contribution in [3.05, 3.63) is 65.5 Å². The van der Waals surface area contributed by atoms with Crippen LogP contribution in [-0.2, 0) is 4.74 Å². The largest absolute Gasteiger partial charge is 0.490 e. The summed E-state index contributed by atoms with van der Waals surface area (Å²) in [6.45, 7) is 4.08. The van der Waals surface area contributed by atoms with E-state index in [1.165, 1.54) is 24.5 Å². The number of rotatable bonds is 5. The van der Waals surface area contributed by atoms with Crippen LogP contribution in [0.5, 0.6) is 5.75 Å². The first-order valence-electron chi connectivity index (χ1n) is 11.0. The first kappa shape index (κ1) is 21.3. The van der Waals surface area contributed by atoms with Gasteiger partial charge in [-0.1, -0.05) is 30.3 Å². The molecule has 162 valence electrons. The zero-order valence-electron chi connectivity index (χ0n) is 17.7. The van der Waals surface area contributed by atoms with Gasteiger partial charge in [-0.15, -0.1) is 0 Å². The number of aliphatic hydroxyl groups is 1. The number of hydrogen-bond donors (Lipinski definition) is 1. The Bertz CT molecular complexity index is 822. The minimum Gasteiger partial charge on any atom is -0.490 e. The van der Waals surface area contributed by atoms with E-state index >= 15 is 0 Å². The lowest BCUT2D eigenvalue weighted by Crippen LogP contribution is -2.52. The van der Waals surface area contributed by atoms with E-state index in [4.69, 9.17) is 9.47 Å². The summed E-state index contributed by atoms with van der Waals surface area (Å²) in [5.41, 5.74) is 0.901. The van der Waals surface area contributed by atoms with Gasteiger partial charge in [0.05, 0.1) is 13.2 Å². The highest BCUT2D eigenvalue weighted by molar-refractivity contribution is 5.29. The van der Waals surface area contributed by atoms with Crippen molar-refractivity contribution < 1.29 is 19.0 Å². The van der Waals surface area contributed by atoms with Crippen molar-refractivity contribution >= 4 is 0 Å². The van der Waals surface area contributed by atoms with Crippen LogP contribution >= 0.6 is 0 Å². The maximum atomic E-state index is 13.5. The normalized spacial score (nSPS) is 28.1. The fraction of sp³-hybridized carbons (Fsp3) is 0.520. The van der Waals surface area contributed by atoms with Crippen molar-refractivity contribution in [2.24, 2.45) is 0 Å². The molecule has 1 aliphatic heterocycles. The van der Waals surface area contributed by atoms with Gasteiger partial charge in [0.15, 0.2) is 0 Å². The summed E-state index contributed by atoms with van der Waals surface area (Å²) in [6.07, 6.45) is 4.62. The van der Waals surface area contributed by atoms with Gasteiger partial charge in [0.2, 0.25) is 0 Å². The van der Waals surface area contributed by atoms with Crippen LogP contribution in [0, 0.1) is 12.7 Å². The summed E-state index contributed by atoms with van der Waals surface area (Å²) < 4.78 is 25.0. The van der Waals surface area contributed by atoms with Gasteiger partial charge < -0.3 is 14.6 Å². The maximum Gasteiger partial charge on any atom is 0.134 e. The topological polar surface area (TPSA) is 41.9 Å². The van der Waals surface area contributed by atoms with E-state index in [-0.39, 0.29) is 19.0 Å². The Morgan fingerprint density at radius 2 is 1.90 bits per heavy atom. The number of β-amino-alcohol motifs (C(OH)–C–C–N with tert-alkyl or cyclic N) is 1. The summed E-state index contributed by atoms with van der Waals surface area (Å²) in [6, 6.07) is 15.9. The van der Waals surface area contributed by atoms with Gasteiger partial charge in [-0.25, -0.2) is 4.39 Å². The highest BCUT2D eigenvalue weighted by Crippen LogP contribution is 2.35. The zero-order chi connectivity index (χ0) is 21.0. The average molecular weight is 414 g/mol. The molecule has 2 aromatic carbocycles. The molecule has 0 spiro atoms. The number of benzene rings is 2. The lowest BCUT2D eigenvalue weighted by Gasteiger charge is -2.39. The van der Waals surface area contributed by atoms with Crippen molar-refractivity contribution in [2.75, 3.05) is 32.9 Å². The third-order valence-electron chi connectivity index (χ3n) is 6.51.